The van der Waals surface area contributed by atoms with E-state index in [-0.39, 0.29) is 18.2 Å². The van der Waals surface area contributed by atoms with Gasteiger partial charge in [0, 0.05) is 7.11 Å². The van der Waals surface area contributed by atoms with Crippen LogP contribution in [-0.4, -0.2) is 48.5 Å². The molecule has 0 aliphatic rings. The van der Waals surface area contributed by atoms with Gasteiger partial charge in [0.2, 0.25) is 0 Å². The Morgan fingerprint density at radius 3 is 2.52 bits per heavy atom. The van der Waals surface area contributed by atoms with Gasteiger partial charge in [0.1, 0.15) is 6.61 Å². The molecule has 0 unspecified atom stereocenters. The van der Waals surface area contributed by atoms with Crippen LogP contribution in [0.25, 0.3) is 0 Å². The van der Waals surface area contributed by atoms with Gasteiger partial charge < -0.3 is 19.8 Å². The van der Waals surface area contributed by atoms with Crippen LogP contribution in [0.1, 0.15) is 29.8 Å². The number of rotatable bonds is 7. The van der Waals surface area contributed by atoms with Gasteiger partial charge in [-0.15, -0.1) is 0 Å². The highest BCUT2D eigenvalue weighted by molar-refractivity contribution is 6.03. The Kier molecular flexibility index (Phi) is 6.33. The Balaban J connectivity index is 3.48. The van der Waals surface area contributed by atoms with E-state index in [1.807, 2.05) is 6.92 Å². The topological polar surface area (TPSA) is 87.1 Å². The SMILES string of the molecule is CCc1cccc(C(=O)O)c1N(C(=O)CO)[C@@H](C)COC. The summed E-state index contributed by atoms with van der Waals surface area (Å²) in [7, 11) is 1.50. The number of aromatic carboxylic acids is 1. The van der Waals surface area contributed by atoms with Gasteiger partial charge in [0.15, 0.2) is 0 Å². The molecule has 6 nitrogen and oxygen atoms in total. The highest BCUT2D eigenvalue weighted by Crippen LogP contribution is 2.28. The van der Waals surface area contributed by atoms with Gasteiger partial charge in [0.25, 0.3) is 5.91 Å². The molecule has 0 radical (unpaired) electrons. The van der Waals surface area contributed by atoms with Crippen LogP contribution in [-0.2, 0) is 16.0 Å². The van der Waals surface area contributed by atoms with Gasteiger partial charge in [-0.05, 0) is 25.0 Å². The van der Waals surface area contributed by atoms with Crippen molar-refractivity contribution in [2.45, 2.75) is 26.3 Å². The molecule has 1 atom stereocenters. The van der Waals surface area contributed by atoms with Crippen molar-refractivity contribution in [2.75, 3.05) is 25.2 Å². The molecule has 0 aliphatic heterocycles. The van der Waals surface area contributed by atoms with Crippen molar-refractivity contribution >= 4 is 17.6 Å². The number of aliphatic hydroxyl groups is 1. The number of benzene rings is 1. The Bertz CT molecular complexity index is 515. The summed E-state index contributed by atoms with van der Waals surface area (Å²) in [4.78, 5) is 24.9. The minimum atomic E-state index is -1.11. The Hall–Kier alpha value is -1.92. The fourth-order valence-corrected chi connectivity index (χ4v) is 2.32. The van der Waals surface area contributed by atoms with Crippen LogP contribution in [0.15, 0.2) is 18.2 Å². The van der Waals surface area contributed by atoms with E-state index in [2.05, 4.69) is 0 Å². The smallest absolute Gasteiger partial charge is 0.337 e. The second kappa shape index (κ2) is 7.75. The summed E-state index contributed by atoms with van der Waals surface area (Å²) in [5.74, 6) is -1.66. The molecule has 21 heavy (non-hydrogen) atoms. The molecule has 2 N–H and O–H groups in total. The summed E-state index contributed by atoms with van der Waals surface area (Å²) >= 11 is 0. The van der Waals surface area contributed by atoms with E-state index in [1.165, 1.54) is 18.1 Å². The number of methoxy groups -OCH3 is 1. The van der Waals surface area contributed by atoms with Crippen LogP contribution in [0.3, 0.4) is 0 Å². The first-order chi connectivity index (χ1) is 9.97. The molecule has 0 fully saturated rings. The number of para-hydroxylation sites is 1. The maximum Gasteiger partial charge on any atom is 0.337 e. The third-order valence-electron chi connectivity index (χ3n) is 3.22. The van der Waals surface area contributed by atoms with Crippen molar-refractivity contribution in [1.82, 2.24) is 0 Å². The zero-order valence-corrected chi connectivity index (χ0v) is 12.5. The van der Waals surface area contributed by atoms with E-state index in [1.54, 1.807) is 19.1 Å². The van der Waals surface area contributed by atoms with E-state index in [9.17, 15) is 19.8 Å². The predicted molar refractivity (Wildman–Crippen MR) is 78.7 cm³/mol. The molecular formula is C15H21NO5. The summed E-state index contributed by atoms with van der Waals surface area (Å²) < 4.78 is 5.05. The zero-order valence-electron chi connectivity index (χ0n) is 12.5. The Morgan fingerprint density at radius 2 is 2.05 bits per heavy atom. The normalized spacial score (nSPS) is 12.0. The quantitative estimate of drug-likeness (QED) is 0.792. The fourth-order valence-electron chi connectivity index (χ4n) is 2.32. The molecule has 0 saturated heterocycles. The number of aryl methyl sites for hydroxylation is 1. The second-order valence-electron chi connectivity index (χ2n) is 4.70. The first kappa shape index (κ1) is 17.1. The van der Waals surface area contributed by atoms with E-state index < -0.39 is 18.5 Å². The van der Waals surface area contributed by atoms with Crippen molar-refractivity contribution in [3.05, 3.63) is 29.3 Å². The second-order valence-corrected chi connectivity index (χ2v) is 4.70. The lowest BCUT2D eigenvalue weighted by atomic mass is 10.0. The summed E-state index contributed by atoms with van der Waals surface area (Å²) in [6, 6.07) is 4.49. The van der Waals surface area contributed by atoms with Crippen molar-refractivity contribution in [2.24, 2.45) is 0 Å². The minimum absolute atomic E-state index is 0.0408. The molecule has 6 heteroatoms. The number of hydrogen-bond acceptors (Lipinski definition) is 4. The largest absolute Gasteiger partial charge is 0.478 e. The molecule has 0 aromatic heterocycles. The summed E-state index contributed by atoms with van der Waals surface area (Å²) in [5, 5.41) is 18.6. The van der Waals surface area contributed by atoms with E-state index >= 15 is 0 Å². The van der Waals surface area contributed by atoms with Gasteiger partial charge in [-0.3, -0.25) is 4.79 Å². The van der Waals surface area contributed by atoms with Gasteiger partial charge in [-0.1, -0.05) is 19.1 Å². The van der Waals surface area contributed by atoms with Crippen LogP contribution in [0.5, 0.6) is 0 Å². The van der Waals surface area contributed by atoms with E-state index in [0.717, 1.165) is 5.56 Å². The number of carbonyl (C=O) groups excluding carboxylic acids is 1. The van der Waals surface area contributed by atoms with Crippen molar-refractivity contribution < 1.29 is 24.5 Å². The highest BCUT2D eigenvalue weighted by Gasteiger charge is 2.27. The van der Waals surface area contributed by atoms with E-state index in [0.29, 0.717) is 12.1 Å². The summed E-state index contributed by atoms with van der Waals surface area (Å²) in [6.07, 6.45) is 0.575. The maximum atomic E-state index is 12.1. The fraction of sp³-hybridized carbons (Fsp3) is 0.467. The van der Waals surface area contributed by atoms with Crippen LogP contribution in [0.2, 0.25) is 0 Å². The van der Waals surface area contributed by atoms with Crippen molar-refractivity contribution in [3.8, 4) is 0 Å². The highest BCUT2D eigenvalue weighted by atomic mass is 16.5. The number of carbonyl (C=O) groups is 2. The van der Waals surface area contributed by atoms with Gasteiger partial charge in [-0.25, -0.2) is 4.79 Å². The molecule has 1 amide bonds. The number of anilines is 1. The molecule has 0 bridgehead atoms. The number of aliphatic hydroxyl groups excluding tert-OH is 1. The van der Waals surface area contributed by atoms with Crippen LogP contribution in [0, 0.1) is 0 Å². The summed E-state index contributed by atoms with van der Waals surface area (Å²) in [5.41, 5.74) is 1.11. The lowest BCUT2D eigenvalue weighted by Gasteiger charge is -2.31. The van der Waals surface area contributed by atoms with Crippen LogP contribution in [0.4, 0.5) is 5.69 Å². The molecule has 0 heterocycles. The van der Waals surface area contributed by atoms with Gasteiger partial charge in [0.05, 0.1) is 23.9 Å². The summed E-state index contributed by atoms with van der Waals surface area (Å²) in [6.45, 7) is 3.18. The minimum Gasteiger partial charge on any atom is -0.478 e. The maximum absolute atomic E-state index is 12.1. The number of nitrogens with zero attached hydrogens (tertiary/aromatic N) is 1. The molecule has 1 aromatic rings. The Morgan fingerprint density at radius 1 is 1.38 bits per heavy atom. The molecule has 0 saturated carbocycles. The number of ether oxygens (including phenoxy) is 1. The zero-order chi connectivity index (χ0) is 16.0. The number of carboxylic acid groups (broad SMARTS) is 1. The number of amides is 1. The predicted octanol–water partition coefficient (Wildman–Crippen LogP) is 1.31. The van der Waals surface area contributed by atoms with Crippen molar-refractivity contribution in [1.29, 1.82) is 0 Å². The Labute approximate surface area is 124 Å². The third kappa shape index (κ3) is 3.80. The van der Waals surface area contributed by atoms with Gasteiger partial charge in [-0.2, -0.15) is 0 Å². The lowest BCUT2D eigenvalue weighted by molar-refractivity contribution is -0.121. The first-order valence-electron chi connectivity index (χ1n) is 6.74. The van der Waals surface area contributed by atoms with Crippen LogP contribution >= 0.6 is 0 Å². The van der Waals surface area contributed by atoms with Crippen molar-refractivity contribution in [3.63, 3.8) is 0 Å². The van der Waals surface area contributed by atoms with Crippen LogP contribution < -0.4 is 4.90 Å². The standard InChI is InChI=1S/C15H21NO5/c1-4-11-6-5-7-12(15(19)20)14(11)16(13(18)8-17)10(2)9-21-3/h5-7,10,17H,4,8-9H2,1-3H3,(H,19,20)/t10-/m0/s1. The third-order valence-corrected chi connectivity index (χ3v) is 3.22. The molecular weight excluding hydrogens is 274 g/mol. The molecule has 1 aromatic carbocycles. The monoisotopic (exact) mass is 295 g/mol. The van der Waals surface area contributed by atoms with E-state index in [4.69, 9.17) is 4.74 Å². The average molecular weight is 295 g/mol. The number of carboxylic acids is 1. The lowest BCUT2D eigenvalue weighted by Crippen LogP contribution is -2.44. The average Bonchev–Trinajstić information content (AvgIpc) is 2.47. The molecule has 0 spiro atoms. The van der Waals surface area contributed by atoms with Gasteiger partial charge >= 0.3 is 5.97 Å². The number of hydrogen-bond donors (Lipinski definition) is 2. The molecule has 116 valence electrons. The first-order valence-corrected chi connectivity index (χ1v) is 6.74. The molecule has 0 aliphatic carbocycles. The molecule has 1 rings (SSSR count).